The van der Waals surface area contributed by atoms with Gasteiger partial charge in [0.15, 0.2) is 5.75 Å². The number of aromatic hydroxyl groups is 1. The fraction of sp³-hybridized carbons (Fsp3) is 0.200. The average molecular weight is 577 g/mol. The molecule has 0 saturated carbocycles. The lowest BCUT2D eigenvalue weighted by Crippen LogP contribution is -2.13. The highest BCUT2D eigenvalue weighted by Crippen LogP contribution is 2.39. The monoisotopic (exact) mass is 575 g/mol. The molecule has 0 aliphatic rings. The van der Waals surface area contributed by atoms with Gasteiger partial charge in [-0.3, -0.25) is 0 Å². The number of oxime groups is 1. The van der Waals surface area contributed by atoms with Gasteiger partial charge in [0, 0.05) is 11.1 Å². The molecule has 2 N–H and O–H groups in total. The Balaban J connectivity index is 1.77. The summed E-state index contributed by atoms with van der Waals surface area (Å²) in [7, 11) is 0. The second kappa shape index (κ2) is 11.3. The van der Waals surface area contributed by atoms with Crippen LogP contribution in [0.4, 0.5) is 0 Å². The quantitative estimate of drug-likeness (QED) is 0.205. The molecular formula is C25H23Br2NO5. The summed E-state index contributed by atoms with van der Waals surface area (Å²) in [6.07, 6.45) is 1.12. The van der Waals surface area contributed by atoms with E-state index < -0.39 is 12.1 Å². The van der Waals surface area contributed by atoms with E-state index in [1.165, 1.54) is 6.21 Å². The van der Waals surface area contributed by atoms with Crippen LogP contribution in [0.3, 0.4) is 0 Å². The summed E-state index contributed by atoms with van der Waals surface area (Å²) in [4.78, 5) is 16.8. The molecule has 0 aliphatic heterocycles. The molecule has 3 aromatic carbocycles. The number of carboxylic acid groups (broad SMARTS) is 1. The van der Waals surface area contributed by atoms with E-state index in [1.807, 2.05) is 13.0 Å². The van der Waals surface area contributed by atoms with E-state index in [1.54, 1.807) is 54.6 Å². The number of benzene rings is 3. The van der Waals surface area contributed by atoms with Gasteiger partial charge in [0.1, 0.15) is 11.5 Å². The van der Waals surface area contributed by atoms with Crippen molar-refractivity contribution >= 4 is 44.0 Å². The number of aliphatic carboxylic acids is 1. The van der Waals surface area contributed by atoms with Crippen molar-refractivity contribution in [3.8, 4) is 17.2 Å². The lowest BCUT2D eigenvalue weighted by atomic mass is 9.97. The maximum atomic E-state index is 11.5. The van der Waals surface area contributed by atoms with Crippen molar-refractivity contribution in [3.05, 3.63) is 86.3 Å². The molecule has 33 heavy (non-hydrogen) atoms. The van der Waals surface area contributed by atoms with Crippen molar-refractivity contribution in [2.75, 3.05) is 0 Å². The average Bonchev–Trinajstić information content (AvgIpc) is 2.80. The van der Waals surface area contributed by atoms with Crippen molar-refractivity contribution in [2.45, 2.75) is 32.3 Å². The Bertz CT molecular complexity index is 1130. The number of carbonyl (C=O) groups is 1. The van der Waals surface area contributed by atoms with Gasteiger partial charge in [0.05, 0.1) is 15.2 Å². The molecule has 2 unspecified atom stereocenters. The minimum Gasteiger partial charge on any atom is -0.508 e. The Labute approximate surface area is 209 Å². The standard InChI is InChI=1S/C25H23Br2NO5/c1-3-15(2)19-13-18(9-10-22(19)29)32-24-20(26)11-16(12-21(24)27)14-28-33-23(25(30)31)17-7-5-4-6-8-17/h4-15,23,29H,3H2,1-2H3,(H,30,31)/b28-14-. The number of hydrogen-bond acceptors (Lipinski definition) is 5. The summed E-state index contributed by atoms with van der Waals surface area (Å²) in [5, 5.41) is 23.4. The molecule has 2 atom stereocenters. The molecular weight excluding hydrogens is 554 g/mol. The molecule has 3 aromatic rings. The van der Waals surface area contributed by atoms with E-state index in [9.17, 15) is 15.0 Å². The zero-order valence-electron chi connectivity index (χ0n) is 18.0. The highest BCUT2D eigenvalue weighted by molar-refractivity contribution is 9.11. The van der Waals surface area contributed by atoms with Gasteiger partial charge in [-0.05, 0) is 80.1 Å². The Kier molecular flexibility index (Phi) is 8.52. The van der Waals surface area contributed by atoms with E-state index in [0.29, 0.717) is 31.6 Å². The zero-order chi connectivity index (χ0) is 24.0. The molecule has 0 heterocycles. The molecule has 0 bridgehead atoms. The third-order valence-electron chi connectivity index (χ3n) is 5.08. The summed E-state index contributed by atoms with van der Waals surface area (Å²) in [5.74, 6) is 0.471. The number of phenolic OH excluding ortho intramolecular Hbond substituents is 1. The fourth-order valence-corrected chi connectivity index (χ4v) is 4.49. The molecule has 0 spiro atoms. The van der Waals surface area contributed by atoms with Gasteiger partial charge in [-0.15, -0.1) is 0 Å². The van der Waals surface area contributed by atoms with Crippen molar-refractivity contribution in [1.82, 2.24) is 0 Å². The van der Waals surface area contributed by atoms with Crippen molar-refractivity contribution < 1.29 is 24.6 Å². The SMILES string of the molecule is CCC(C)c1cc(Oc2c(Br)cc(/C=N\OC(C(=O)O)c3ccccc3)cc2Br)ccc1O. The lowest BCUT2D eigenvalue weighted by molar-refractivity contribution is -0.150. The van der Waals surface area contributed by atoms with E-state index in [-0.39, 0.29) is 11.7 Å². The van der Waals surface area contributed by atoms with Crippen LogP contribution in [0.15, 0.2) is 74.8 Å². The smallest absolute Gasteiger partial charge is 0.352 e. The lowest BCUT2D eigenvalue weighted by Gasteiger charge is -2.15. The second-order valence-electron chi connectivity index (χ2n) is 7.41. The second-order valence-corrected chi connectivity index (χ2v) is 9.12. The van der Waals surface area contributed by atoms with Crippen LogP contribution < -0.4 is 4.74 Å². The molecule has 3 rings (SSSR count). The van der Waals surface area contributed by atoms with Gasteiger partial charge in [-0.2, -0.15) is 0 Å². The number of ether oxygens (including phenoxy) is 1. The molecule has 0 aromatic heterocycles. The molecule has 0 saturated heterocycles. The Hall–Kier alpha value is -2.84. The third-order valence-corrected chi connectivity index (χ3v) is 6.26. The largest absolute Gasteiger partial charge is 0.508 e. The molecule has 6 nitrogen and oxygen atoms in total. The predicted molar refractivity (Wildman–Crippen MR) is 134 cm³/mol. The van der Waals surface area contributed by atoms with Crippen LogP contribution in [-0.4, -0.2) is 22.4 Å². The Morgan fingerprint density at radius 2 is 1.76 bits per heavy atom. The maximum Gasteiger partial charge on any atom is 0.352 e. The van der Waals surface area contributed by atoms with E-state index in [4.69, 9.17) is 9.57 Å². The third kappa shape index (κ3) is 6.36. The molecule has 172 valence electrons. The first-order valence-corrected chi connectivity index (χ1v) is 11.9. The van der Waals surface area contributed by atoms with Crippen LogP contribution in [0.1, 0.15) is 49.0 Å². The van der Waals surface area contributed by atoms with Crippen molar-refractivity contribution in [3.63, 3.8) is 0 Å². The van der Waals surface area contributed by atoms with Crippen molar-refractivity contribution in [1.29, 1.82) is 0 Å². The Morgan fingerprint density at radius 1 is 1.09 bits per heavy atom. The van der Waals surface area contributed by atoms with Gasteiger partial charge < -0.3 is 19.8 Å². The van der Waals surface area contributed by atoms with Gasteiger partial charge >= 0.3 is 5.97 Å². The topological polar surface area (TPSA) is 88.4 Å². The maximum absolute atomic E-state index is 11.5. The molecule has 0 amide bonds. The highest BCUT2D eigenvalue weighted by atomic mass is 79.9. The molecule has 0 fully saturated rings. The normalized spacial score (nSPS) is 13.0. The van der Waals surface area contributed by atoms with E-state index in [0.717, 1.165) is 12.0 Å². The van der Waals surface area contributed by atoms with Crippen LogP contribution in [0.2, 0.25) is 0 Å². The van der Waals surface area contributed by atoms with Gasteiger partial charge in [-0.1, -0.05) is 49.3 Å². The van der Waals surface area contributed by atoms with Gasteiger partial charge in [-0.25, -0.2) is 4.79 Å². The first-order valence-electron chi connectivity index (χ1n) is 10.3. The number of halogens is 2. The first-order chi connectivity index (χ1) is 15.8. The molecule has 0 aliphatic carbocycles. The van der Waals surface area contributed by atoms with Crippen molar-refractivity contribution in [2.24, 2.45) is 5.16 Å². The summed E-state index contributed by atoms with van der Waals surface area (Å²) in [6, 6.07) is 17.3. The molecule has 0 radical (unpaired) electrons. The van der Waals surface area contributed by atoms with Gasteiger partial charge in [0.2, 0.25) is 6.10 Å². The fourth-order valence-electron chi connectivity index (χ4n) is 3.11. The summed E-state index contributed by atoms with van der Waals surface area (Å²) < 4.78 is 7.38. The summed E-state index contributed by atoms with van der Waals surface area (Å²) in [5.41, 5.74) is 2.00. The van der Waals surface area contributed by atoms with Crippen LogP contribution in [0.25, 0.3) is 0 Å². The first kappa shape index (κ1) is 24.8. The summed E-state index contributed by atoms with van der Waals surface area (Å²) in [6.45, 7) is 4.11. The predicted octanol–water partition coefficient (Wildman–Crippen LogP) is 7.40. The minimum absolute atomic E-state index is 0.199. The number of rotatable bonds is 9. The van der Waals surface area contributed by atoms with Crippen LogP contribution in [0, 0.1) is 0 Å². The van der Waals surface area contributed by atoms with E-state index in [2.05, 4.69) is 43.9 Å². The summed E-state index contributed by atoms with van der Waals surface area (Å²) >= 11 is 7.02. The minimum atomic E-state index is -1.20. The number of hydrogen-bond donors (Lipinski definition) is 2. The van der Waals surface area contributed by atoms with E-state index >= 15 is 0 Å². The van der Waals surface area contributed by atoms with Crippen LogP contribution in [-0.2, 0) is 9.63 Å². The molecule has 8 heteroatoms. The highest BCUT2D eigenvalue weighted by Gasteiger charge is 2.21. The van der Waals surface area contributed by atoms with Crippen LogP contribution >= 0.6 is 31.9 Å². The number of nitrogens with zero attached hydrogens (tertiary/aromatic N) is 1. The van der Waals surface area contributed by atoms with Crippen LogP contribution in [0.5, 0.6) is 17.2 Å². The van der Waals surface area contributed by atoms with Gasteiger partial charge in [0.25, 0.3) is 0 Å². The Morgan fingerprint density at radius 3 is 2.36 bits per heavy atom. The number of phenols is 1. The number of carboxylic acids is 1. The zero-order valence-corrected chi connectivity index (χ0v) is 21.2.